The Hall–Kier alpha value is -0.0900. The van der Waals surface area contributed by atoms with Crippen LogP contribution in [-0.4, -0.2) is 28.0 Å². The van der Waals surface area contributed by atoms with Gasteiger partial charge in [0.15, 0.2) is 0 Å². The predicted octanol–water partition coefficient (Wildman–Crippen LogP) is 2.61. The van der Waals surface area contributed by atoms with E-state index < -0.39 is 5.60 Å². The van der Waals surface area contributed by atoms with Crippen LogP contribution in [0.15, 0.2) is 0 Å². The Balaban J connectivity index is 2.40. The third-order valence-corrected chi connectivity index (χ3v) is 4.93. The standard InChI is InChI=1S/C13H24BrNO2/c1-10(2)11(14)12(16)15-9-13(17)7-5-3-4-6-8-13/h10-11,17H,3-9H2,1-2H3,(H,15,16). The van der Waals surface area contributed by atoms with Crippen LogP contribution < -0.4 is 5.32 Å². The first-order chi connectivity index (χ1) is 7.94. The number of hydrogen-bond acceptors (Lipinski definition) is 2. The molecule has 4 heteroatoms. The maximum Gasteiger partial charge on any atom is 0.234 e. The van der Waals surface area contributed by atoms with E-state index >= 15 is 0 Å². The SMILES string of the molecule is CC(C)C(Br)C(=O)NCC1(O)CCCCCC1. The number of nitrogens with one attached hydrogen (secondary N) is 1. The molecule has 1 atom stereocenters. The second kappa shape index (κ2) is 6.74. The van der Waals surface area contributed by atoms with Crippen LogP contribution in [0.2, 0.25) is 0 Å². The Morgan fingerprint density at radius 2 is 1.82 bits per heavy atom. The first-order valence-corrected chi connectivity index (χ1v) is 7.50. The van der Waals surface area contributed by atoms with Gasteiger partial charge in [-0.1, -0.05) is 55.5 Å². The fourth-order valence-electron chi connectivity index (χ4n) is 2.22. The predicted molar refractivity (Wildman–Crippen MR) is 73.2 cm³/mol. The molecule has 1 rings (SSSR count). The number of aliphatic hydroxyl groups is 1. The number of carbonyl (C=O) groups is 1. The minimum absolute atomic E-state index is 0.0160. The highest BCUT2D eigenvalue weighted by Crippen LogP contribution is 2.26. The molecule has 1 fully saturated rings. The molecule has 1 unspecified atom stereocenters. The molecule has 0 saturated heterocycles. The van der Waals surface area contributed by atoms with Gasteiger partial charge in [-0.3, -0.25) is 4.79 Å². The van der Waals surface area contributed by atoms with Gasteiger partial charge in [-0.25, -0.2) is 0 Å². The van der Waals surface area contributed by atoms with Gasteiger partial charge in [0.25, 0.3) is 0 Å². The molecule has 0 spiro atoms. The highest BCUT2D eigenvalue weighted by molar-refractivity contribution is 9.10. The van der Waals surface area contributed by atoms with E-state index in [1.54, 1.807) is 0 Å². The van der Waals surface area contributed by atoms with Crippen molar-refractivity contribution in [3.05, 3.63) is 0 Å². The summed E-state index contributed by atoms with van der Waals surface area (Å²) in [6.07, 6.45) is 6.14. The molecule has 0 radical (unpaired) electrons. The molecule has 0 aromatic carbocycles. The maximum atomic E-state index is 11.8. The van der Waals surface area contributed by atoms with Gasteiger partial charge in [-0.05, 0) is 18.8 Å². The highest BCUT2D eigenvalue weighted by Gasteiger charge is 2.29. The molecule has 1 amide bonds. The number of amides is 1. The molecule has 1 saturated carbocycles. The Kier molecular flexibility index (Phi) is 5.93. The monoisotopic (exact) mass is 305 g/mol. The van der Waals surface area contributed by atoms with Gasteiger partial charge in [-0.15, -0.1) is 0 Å². The lowest BCUT2D eigenvalue weighted by molar-refractivity contribution is -0.122. The summed E-state index contributed by atoms with van der Waals surface area (Å²) in [6.45, 7) is 4.39. The summed E-state index contributed by atoms with van der Waals surface area (Å²) in [5, 5.41) is 13.3. The lowest BCUT2D eigenvalue weighted by Gasteiger charge is -2.27. The van der Waals surface area contributed by atoms with Crippen LogP contribution in [0, 0.1) is 5.92 Å². The number of hydrogen-bond donors (Lipinski definition) is 2. The van der Waals surface area contributed by atoms with Crippen molar-refractivity contribution < 1.29 is 9.90 Å². The topological polar surface area (TPSA) is 49.3 Å². The molecular formula is C13H24BrNO2. The maximum absolute atomic E-state index is 11.8. The molecule has 17 heavy (non-hydrogen) atoms. The molecule has 100 valence electrons. The van der Waals surface area contributed by atoms with Crippen LogP contribution in [0.1, 0.15) is 52.4 Å². The summed E-state index contributed by atoms with van der Waals surface area (Å²) >= 11 is 3.37. The first kappa shape index (κ1) is 15.0. The highest BCUT2D eigenvalue weighted by atomic mass is 79.9. The Morgan fingerprint density at radius 1 is 1.29 bits per heavy atom. The zero-order valence-electron chi connectivity index (χ0n) is 10.8. The normalized spacial score (nSPS) is 21.9. The quantitative estimate of drug-likeness (QED) is 0.619. The van der Waals surface area contributed by atoms with Gasteiger partial charge in [-0.2, -0.15) is 0 Å². The van der Waals surface area contributed by atoms with Crippen LogP contribution in [0.5, 0.6) is 0 Å². The van der Waals surface area contributed by atoms with Crippen molar-refractivity contribution >= 4 is 21.8 Å². The summed E-state index contributed by atoms with van der Waals surface area (Å²) in [4.78, 5) is 11.6. The zero-order chi connectivity index (χ0) is 12.9. The summed E-state index contributed by atoms with van der Waals surface area (Å²) in [6, 6.07) is 0. The third kappa shape index (κ3) is 4.96. The first-order valence-electron chi connectivity index (χ1n) is 6.59. The zero-order valence-corrected chi connectivity index (χ0v) is 12.4. The molecule has 0 heterocycles. The summed E-state index contributed by atoms with van der Waals surface area (Å²) in [5.41, 5.74) is -0.685. The van der Waals surface area contributed by atoms with Gasteiger partial charge in [0.2, 0.25) is 5.91 Å². The van der Waals surface area contributed by atoms with Gasteiger partial charge >= 0.3 is 0 Å². The smallest absolute Gasteiger partial charge is 0.234 e. The molecule has 0 bridgehead atoms. The van der Waals surface area contributed by atoms with Crippen LogP contribution in [0.4, 0.5) is 0 Å². The van der Waals surface area contributed by atoms with E-state index in [1.165, 1.54) is 12.8 Å². The van der Waals surface area contributed by atoms with Crippen molar-refractivity contribution in [1.82, 2.24) is 5.32 Å². The van der Waals surface area contributed by atoms with E-state index in [4.69, 9.17) is 0 Å². The number of alkyl halides is 1. The molecule has 1 aliphatic rings. The summed E-state index contributed by atoms with van der Waals surface area (Å²) in [5.74, 6) is 0.247. The van der Waals surface area contributed by atoms with Crippen LogP contribution in [-0.2, 0) is 4.79 Å². The van der Waals surface area contributed by atoms with Crippen LogP contribution in [0.3, 0.4) is 0 Å². The van der Waals surface area contributed by atoms with Crippen molar-refractivity contribution in [2.24, 2.45) is 5.92 Å². The lowest BCUT2D eigenvalue weighted by atomic mass is 9.94. The van der Waals surface area contributed by atoms with E-state index in [0.717, 1.165) is 25.7 Å². The number of carbonyl (C=O) groups excluding carboxylic acids is 1. The minimum Gasteiger partial charge on any atom is -0.388 e. The van der Waals surface area contributed by atoms with Crippen LogP contribution >= 0.6 is 15.9 Å². The average Bonchev–Trinajstić information content (AvgIpc) is 2.50. The van der Waals surface area contributed by atoms with E-state index in [1.807, 2.05) is 13.8 Å². The van der Waals surface area contributed by atoms with Crippen molar-refractivity contribution in [3.8, 4) is 0 Å². The molecule has 3 nitrogen and oxygen atoms in total. The van der Waals surface area contributed by atoms with E-state index in [-0.39, 0.29) is 16.7 Å². The number of halogens is 1. The fraction of sp³-hybridized carbons (Fsp3) is 0.923. The second-order valence-electron chi connectivity index (χ2n) is 5.50. The molecule has 2 N–H and O–H groups in total. The van der Waals surface area contributed by atoms with Gasteiger partial charge in [0, 0.05) is 6.54 Å². The van der Waals surface area contributed by atoms with E-state index in [9.17, 15) is 9.90 Å². The Labute approximate surface area is 112 Å². The van der Waals surface area contributed by atoms with Gasteiger partial charge in [0.05, 0.1) is 10.4 Å². The molecule has 0 aliphatic heterocycles. The number of rotatable bonds is 4. The summed E-state index contributed by atoms with van der Waals surface area (Å²) in [7, 11) is 0. The van der Waals surface area contributed by atoms with Gasteiger partial charge in [0.1, 0.15) is 0 Å². The van der Waals surface area contributed by atoms with E-state index in [0.29, 0.717) is 6.54 Å². The van der Waals surface area contributed by atoms with Crippen molar-refractivity contribution in [3.63, 3.8) is 0 Å². The Morgan fingerprint density at radius 3 is 2.29 bits per heavy atom. The van der Waals surface area contributed by atoms with Crippen molar-refractivity contribution in [2.75, 3.05) is 6.54 Å². The minimum atomic E-state index is -0.685. The van der Waals surface area contributed by atoms with Crippen molar-refractivity contribution in [1.29, 1.82) is 0 Å². The summed E-state index contributed by atoms with van der Waals surface area (Å²) < 4.78 is 0. The van der Waals surface area contributed by atoms with Crippen molar-refractivity contribution in [2.45, 2.75) is 62.8 Å². The largest absolute Gasteiger partial charge is 0.388 e. The molecule has 0 aromatic heterocycles. The average molecular weight is 306 g/mol. The van der Waals surface area contributed by atoms with Gasteiger partial charge < -0.3 is 10.4 Å². The van der Waals surface area contributed by atoms with Crippen LogP contribution in [0.25, 0.3) is 0 Å². The molecular weight excluding hydrogens is 282 g/mol. The molecule has 1 aliphatic carbocycles. The fourth-order valence-corrected chi connectivity index (χ4v) is 2.38. The molecule has 0 aromatic rings. The lowest BCUT2D eigenvalue weighted by Crippen LogP contribution is -2.45. The van der Waals surface area contributed by atoms with E-state index in [2.05, 4.69) is 21.2 Å². The third-order valence-electron chi connectivity index (χ3n) is 3.46. The Bertz CT molecular complexity index is 248. The second-order valence-corrected chi connectivity index (χ2v) is 6.49.